The maximum absolute atomic E-state index is 13.1. The quantitative estimate of drug-likeness (QED) is 0.718. The van der Waals surface area contributed by atoms with Gasteiger partial charge in [-0.25, -0.2) is 4.39 Å². The van der Waals surface area contributed by atoms with Crippen molar-refractivity contribution in [2.45, 2.75) is 32.4 Å². The number of halogens is 1. The van der Waals surface area contributed by atoms with Crippen LogP contribution in [-0.2, 0) is 0 Å². The molecule has 0 amide bonds. The minimum atomic E-state index is -0.646. The van der Waals surface area contributed by atoms with Crippen molar-refractivity contribution in [2.24, 2.45) is 0 Å². The molecule has 0 N–H and O–H groups in total. The third-order valence-corrected chi connectivity index (χ3v) is 3.03. The molecule has 1 aromatic carbocycles. The molecule has 1 nitrogen and oxygen atoms in total. The molecule has 1 aliphatic heterocycles. The molecule has 2 rings (SSSR count). The number of benzene rings is 1. The molecule has 1 unspecified atom stereocenters. The fourth-order valence-corrected chi connectivity index (χ4v) is 2.03. The highest BCUT2D eigenvalue weighted by molar-refractivity contribution is 5.50. The van der Waals surface area contributed by atoms with Crippen molar-refractivity contribution >= 4 is 5.69 Å². The van der Waals surface area contributed by atoms with Crippen LogP contribution in [-0.4, -0.2) is 19.3 Å². The molecule has 1 fully saturated rings. The minimum absolute atomic E-state index is 0.536. The Morgan fingerprint density at radius 1 is 1.40 bits per heavy atom. The summed E-state index contributed by atoms with van der Waals surface area (Å²) in [7, 11) is 0. The zero-order valence-corrected chi connectivity index (χ0v) is 9.41. The highest BCUT2D eigenvalue weighted by atomic mass is 19.1. The molecule has 1 aliphatic rings. The van der Waals surface area contributed by atoms with Gasteiger partial charge in [-0.15, -0.1) is 0 Å². The van der Waals surface area contributed by atoms with Crippen LogP contribution in [0.2, 0.25) is 0 Å². The van der Waals surface area contributed by atoms with Gasteiger partial charge in [0, 0.05) is 18.8 Å². The maximum atomic E-state index is 13.1. The van der Waals surface area contributed by atoms with E-state index in [1.165, 1.54) is 11.3 Å². The lowest BCUT2D eigenvalue weighted by molar-refractivity contribution is 0.364. The molecule has 0 bridgehead atoms. The second kappa shape index (κ2) is 4.21. The van der Waals surface area contributed by atoms with E-state index in [0.717, 1.165) is 6.54 Å². The number of rotatable bonds is 2. The number of alkyl halides is 1. The highest BCUT2D eigenvalue weighted by Crippen LogP contribution is 2.25. The summed E-state index contributed by atoms with van der Waals surface area (Å²) >= 11 is 0. The molecular formula is C13H18FN. The summed E-state index contributed by atoms with van der Waals surface area (Å²) in [5.41, 5.74) is 2.50. The first kappa shape index (κ1) is 10.5. The van der Waals surface area contributed by atoms with Gasteiger partial charge in [0.2, 0.25) is 0 Å². The van der Waals surface area contributed by atoms with Crippen molar-refractivity contribution in [1.82, 2.24) is 0 Å². The predicted molar refractivity (Wildman–Crippen MR) is 62.3 cm³/mol. The summed E-state index contributed by atoms with van der Waals surface area (Å²) in [6, 6.07) is 8.46. The normalized spacial score (nSPS) is 21.3. The zero-order chi connectivity index (χ0) is 10.8. The van der Waals surface area contributed by atoms with Gasteiger partial charge in [-0.3, -0.25) is 0 Å². The van der Waals surface area contributed by atoms with Crippen LogP contribution in [0.4, 0.5) is 10.1 Å². The molecule has 0 radical (unpaired) electrons. The van der Waals surface area contributed by atoms with E-state index in [1.807, 2.05) is 0 Å². The van der Waals surface area contributed by atoms with Gasteiger partial charge >= 0.3 is 0 Å². The van der Waals surface area contributed by atoms with Gasteiger partial charge in [0.1, 0.15) is 6.17 Å². The predicted octanol–water partition coefficient (Wildman–Crippen LogP) is 3.36. The average molecular weight is 207 g/mol. The molecule has 0 saturated carbocycles. The van der Waals surface area contributed by atoms with Crippen LogP contribution in [0.25, 0.3) is 0 Å². The Bertz CT molecular complexity index is 335. The summed E-state index contributed by atoms with van der Waals surface area (Å²) in [5.74, 6) is 0.536. The molecule has 2 heteroatoms. The van der Waals surface area contributed by atoms with Crippen molar-refractivity contribution in [3.05, 3.63) is 29.8 Å². The van der Waals surface area contributed by atoms with Crippen molar-refractivity contribution in [1.29, 1.82) is 0 Å². The molecule has 82 valence electrons. The SMILES string of the molecule is CC(C)c1cccc(N2CCC(F)C2)c1. The molecule has 1 heterocycles. The van der Waals surface area contributed by atoms with Gasteiger partial charge in [0.05, 0.1) is 0 Å². The molecule has 1 aromatic rings. The lowest BCUT2D eigenvalue weighted by Gasteiger charge is -2.19. The number of hydrogen-bond donors (Lipinski definition) is 0. The summed E-state index contributed by atoms with van der Waals surface area (Å²) < 4.78 is 13.1. The Balaban J connectivity index is 2.18. The van der Waals surface area contributed by atoms with Crippen LogP contribution < -0.4 is 4.90 Å². The van der Waals surface area contributed by atoms with Gasteiger partial charge in [-0.2, -0.15) is 0 Å². The molecule has 0 spiro atoms. The standard InChI is InChI=1S/C13H18FN/c1-10(2)11-4-3-5-13(8-11)15-7-6-12(14)9-15/h3-5,8,10,12H,6-7,9H2,1-2H3. The topological polar surface area (TPSA) is 3.24 Å². The van der Waals surface area contributed by atoms with Crippen molar-refractivity contribution in [3.8, 4) is 0 Å². The Hall–Kier alpha value is -1.05. The summed E-state index contributed by atoms with van der Waals surface area (Å²) in [6.07, 6.45) is 0.0269. The molecule has 15 heavy (non-hydrogen) atoms. The first-order valence-corrected chi connectivity index (χ1v) is 5.66. The monoisotopic (exact) mass is 207 g/mol. The molecule has 1 saturated heterocycles. The van der Waals surface area contributed by atoms with Crippen LogP contribution in [0.3, 0.4) is 0 Å². The summed E-state index contributed by atoms with van der Waals surface area (Å²) in [6.45, 7) is 5.77. The van der Waals surface area contributed by atoms with E-state index >= 15 is 0 Å². The number of anilines is 1. The largest absolute Gasteiger partial charge is 0.369 e. The van der Waals surface area contributed by atoms with Crippen LogP contribution in [0.5, 0.6) is 0 Å². The zero-order valence-electron chi connectivity index (χ0n) is 9.41. The fraction of sp³-hybridized carbons (Fsp3) is 0.538. The number of nitrogens with zero attached hydrogens (tertiary/aromatic N) is 1. The van der Waals surface area contributed by atoms with E-state index in [9.17, 15) is 4.39 Å². The van der Waals surface area contributed by atoms with Gasteiger partial charge < -0.3 is 4.90 Å². The van der Waals surface area contributed by atoms with Gasteiger partial charge in [-0.1, -0.05) is 26.0 Å². The third kappa shape index (κ3) is 2.31. The maximum Gasteiger partial charge on any atom is 0.119 e. The minimum Gasteiger partial charge on any atom is -0.369 e. The smallest absolute Gasteiger partial charge is 0.119 e. The van der Waals surface area contributed by atoms with E-state index in [2.05, 4.69) is 43.0 Å². The van der Waals surface area contributed by atoms with Crippen LogP contribution >= 0.6 is 0 Å². The molecule has 0 aliphatic carbocycles. The van der Waals surface area contributed by atoms with Gasteiger partial charge in [0.15, 0.2) is 0 Å². The van der Waals surface area contributed by atoms with E-state index in [1.54, 1.807) is 0 Å². The lowest BCUT2D eigenvalue weighted by atomic mass is 10.0. The third-order valence-electron chi connectivity index (χ3n) is 3.03. The molecule has 1 atom stereocenters. The summed E-state index contributed by atoms with van der Waals surface area (Å²) in [4.78, 5) is 2.14. The highest BCUT2D eigenvalue weighted by Gasteiger charge is 2.21. The fourth-order valence-electron chi connectivity index (χ4n) is 2.03. The first-order chi connectivity index (χ1) is 7.16. The van der Waals surface area contributed by atoms with Gasteiger partial charge in [0.25, 0.3) is 0 Å². The van der Waals surface area contributed by atoms with Gasteiger partial charge in [-0.05, 0) is 30.0 Å². The van der Waals surface area contributed by atoms with Crippen molar-refractivity contribution < 1.29 is 4.39 Å². The Morgan fingerprint density at radius 3 is 2.80 bits per heavy atom. The van der Waals surface area contributed by atoms with Crippen molar-refractivity contribution in [2.75, 3.05) is 18.0 Å². The number of hydrogen-bond acceptors (Lipinski definition) is 1. The second-order valence-electron chi connectivity index (χ2n) is 4.58. The average Bonchev–Trinajstić information content (AvgIpc) is 2.65. The second-order valence-corrected chi connectivity index (χ2v) is 4.58. The lowest BCUT2D eigenvalue weighted by Crippen LogP contribution is -2.19. The van der Waals surface area contributed by atoms with Crippen molar-refractivity contribution in [3.63, 3.8) is 0 Å². The van der Waals surface area contributed by atoms with E-state index in [0.29, 0.717) is 18.9 Å². The molecular weight excluding hydrogens is 189 g/mol. The first-order valence-electron chi connectivity index (χ1n) is 5.66. The Kier molecular flexibility index (Phi) is 2.94. The molecule has 0 aromatic heterocycles. The van der Waals surface area contributed by atoms with Crippen LogP contribution in [0.15, 0.2) is 24.3 Å². The van der Waals surface area contributed by atoms with E-state index < -0.39 is 6.17 Å². The van der Waals surface area contributed by atoms with Crippen LogP contribution in [0.1, 0.15) is 31.7 Å². The Morgan fingerprint density at radius 2 is 2.20 bits per heavy atom. The Labute approximate surface area is 90.9 Å². The van der Waals surface area contributed by atoms with E-state index in [-0.39, 0.29) is 0 Å². The summed E-state index contributed by atoms with van der Waals surface area (Å²) in [5, 5.41) is 0. The van der Waals surface area contributed by atoms with E-state index in [4.69, 9.17) is 0 Å². The van der Waals surface area contributed by atoms with Crippen LogP contribution in [0, 0.1) is 0 Å².